The van der Waals surface area contributed by atoms with Gasteiger partial charge < -0.3 is 14.6 Å². The number of halogens is 1. The molecule has 0 aliphatic carbocycles. The van der Waals surface area contributed by atoms with Crippen LogP contribution in [0.15, 0.2) is 71.2 Å². The Labute approximate surface area is 215 Å². The number of imidazole rings is 1. The van der Waals surface area contributed by atoms with Crippen molar-refractivity contribution in [3.05, 3.63) is 93.7 Å². The van der Waals surface area contributed by atoms with Gasteiger partial charge in [0, 0.05) is 29.5 Å². The van der Waals surface area contributed by atoms with E-state index in [-0.39, 0.29) is 5.91 Å². The molecule has 0 radical (unpaired) electrons. The van der Waals surface area contributed by atoms with Crippen LogP contribution in [0.4, 0.5) is 0 Å². The average molecular weight is 534 g/mol. The van der Waals surface area contributed by atoms with E-state index in [0.717, 1.165) is 59.3 Å². The number of fused-ring (bicyclic) bond motifs is 1. The topological polar surface area (TPSA) is 56.1 Å². The van der Waals surface area contributed by atoms with Gasteiger partial charge in [-0.1, -0.05) is 46.3 Å². The maximum absolute atomic E-state index is 12.4. The molecular formula is C29H32BrN3O2. The molecule has 0 bridgehead atoms. The Morgan fingerprint density at radius 3 is 2.71 bits per heavy atom. The first kappa shape index (κ1) is 25.0. The average Bonchev–Trinajstić information content (AvgIpc) is 3.21. The van der Waals surface area contributed by atoms with Gasteiger partial charge in [0.1, 0.15) is 11.6 Å². The van der Waals surface area contributed by atoms with E-state index in [2.05, 4.69) is 76.1 Å². The molecule has 1 N–H and O–H groups in total. The molecule has 1 heterocycles. The lowest BCUT2D eigenvalue weighted by molar-refractivity contribution is 0.0953. The minimum Gasteiger partial charge on any atom is -0.493 e. The smallest absolute Gasteiger partial charge is 0.251 e. The van der Waals surface area contributed by atoms with Crippen LogP contribution in [0.3, 0.4) is 0 Å². The summed E-state index contributed by atoms with van der Waals surface area (Å²) in [6.45, 7) is 6.38. The van der Waals surface area contributed by atoms with Gasteiger partial charge in [-0.25, -0.2) is 4.98 Å². The summed E-state index contributed by atoms with van der Waals surface area (Å²) in [5, 5.41) is 3.02. The lowest BCUT2D eigenvalue weighted by atomic mass is 10.1. The third kappa shape index (κ3) is 6.73. The summed E-state index contributed by atoms with van der Waals surface area (Å²) < 4.78 is 9.26. The van der Waals surface area contributed by atoms with Crippen molar-refractivity contribution in [3.63, 3.8) is 0 Å². The number of benzene rings is 3. The van der Waals surface area contributed by atoms with Crippen LogP contribution in [0.2, 0.25) is 0 Å². The fraction of sp³-hybridized carbons (Fsp3) is 0.310. The highest BCUT2D eigenvalue weighted by molar-refractivity contribution is 9.10. The molecule has 0 atom stereocenters. The fourth-order valence-corrected chi connectivity index (χ4v) is 4.56. The summed E-state index contributed by atoms with van der Waals surface area (Å²) in [6, 6.07) is 22.0. The number of nitrogens with zero attached hydrogens (tertiary/aromatic N) is 2. The van der Waals surface area contributed by atoms with Crippen molar-refractivity contribution in [1.29, 1.82) is 0 Å². The molecule has 0 saturated heterocycles. The molecule has 0 aliphatic heterocycles. The van der Waals surface area contributed by atoms with Crippen molar-refractivity contribution in [2.75, 3.05) is 13.2 Å². The van der Waals surface area contributed by atoms with Crippen molar-refractivity contribution < 1.29 is 9.53 Å². The first-order chi connectivity index (χ1) is 17.0. The van der Waals surface area contributed by atoms with Crippen LogP contribution in [0, 0.1) is 13.8 Å². The maximum Gasteiger partial charge on any atom is 0.251 e. The summed E-state index contributed by atoms with van der Waals surface area (Å²) in [7, 11) is 0. The van der Waals surface area contributed by atoms with Crippen LogP contribution in [0.25, 0.3) is 11.0 Å². The molecule has 6 heteroatoms. The molecule has 182 valence electrons. The Bertz CT molecular complexity index is 1300. The largest absolute Gasteiger partial charge is 0.493 e. The van der Waals surface area contributed by atoms with Gasteiger partial charge in [-0.3, -0.25) is 4.79 Å². The summed E-state index contributed by atoms with van der Waals surface area (Å²) in [4.78, 5) is 17.3. The summed E-state index contributed by atoms with van der Waals surface area (Å²) in [5.41, 5.74) is 5.23. The number of aryl methyl sites for hydroxylation is 4. The Balaban J connectivity index is 1.30. The predicted molar refractivity (Wildman–Crippen MR) is 145 cm³/mol. The van der Waals surface area contributed by atoms with Crippen molar-refractivity contribution in [1.82, 2.24) is 14.9 Å². The molecule has 0 aliphatic rings. The number of aromatic nitrogens is 2. The molecule has 1 aromatic heterocycles. The highest BCUT2D eigenvalue weighted by atomic mass is 79.9. The lowest BCUT2D eigenvalue weighted by Crippen LogP contribution is -2.25. The number of hydrogen-bond acceptors (Lipinski definition) is 3. The van der Waals surface area contributed by atoms with Crippen molar-refractivity contribution in [2.24, 2.45) is 0 Å². The Morgan fingerprint density at radius 2 is 1.86 bits per heavy atom. The van der Waals surface area contributed by atoms with Gasteiger partial charge >= 0.3 is 0 Å². The minimum absolute atomic E-state index is 0.0522. The molecule has 3 aromatic carbocycles. The van der Waals surface area contributed by atoms with Crippen molar-refractivity contribution >= 4 is 32.9 Å². The highest BCUT2D eigenvalue weighted by Crippen LogP contribution is 2.21. The molecule has 0 saturated carbocycles. The maximum atomic E-state index is 12.4. The minimum atomic E-state index is -0.0522. The van der Waals surface area contributed by atoms with E-state index in [4.69, 9.17) is 9.72 Å². The van der Waals surface area contributed by atoms with Crippen molar-refractivity contribution in [2.45, 2.75) is 46.1 Å². The molecule has 0 unspecified atom stereocenters. The molecule has 4 aromatic rings. The third-order valence-electron chi connectivity index (χ3n) is 6.06. The first-order valence-electron chi connectivity index (χ1n) is 12.2. The van der Waals surface area contributed by atoms with Crippen LogP contribution < -0.4 is 10.1 Å². The molecule has 1 amide bonds. The molecule has 35 heavy (non-hydrogen) atoms. The van der Waals surface area contributed by atoms with E-state index >= 15 is 0 Å². The standard InChI is InChI=1S/C29H32BrN3O2/c1-21-14-15-22(2)27(19-21)35-18-6-5-17-33-26-12-4-3-11-25(26)32-28(33)13-8-16-31-29(34)23-9-7-10-24(30)20-23/h3-4,7,9-12,14-15,19-20H,5-6,8,13,16-18H2,1-2H3,(H,31,34). The molecule has 4 rings (SSSR count). The second-order valence-corrected chi connectivity index (χ2v) is 9.78. The van der Waals surface area contributed by atoms with Gasteiger partial charge in [0.05, 0.1) is 17.6 Å². The molecule has 5 nitrogen and oxygen atoms in total. The number of unbranched alkanes of at least 4 members (excludes halogenated alkanes) is 1. The Hall–Kier alpha value is -3.12. The zero-order chi connectivity index (χ0) is 24.6. The van der Waals surface area contributed by atoms with Crippen molar-refractivity contribution in [3.8, 4) is 5.75 Å². The number of rotatable bonds is 11. The van der Waals surface area contributed by atoms with Gasteiger partial charge in [0.15, 0.2) is 0 Å². The monoisotopic (exact) mass is 533 g/mol. The number of para-hydroxylation sites is 2. The number of carbonyl (C=O) groups is 1. The van der Waals surface area contributed by atoms with E-state index in [1.165, 1.54) is 11.1 Å². The second-order valence-electron chi connectivity index (χ2n) is 8.86. The van der Waals surface area contributed by atoms with Crippen LogP contribution in [-0.2, 0) is 13.0 Å². The first-order valence-corrected chi connectivity index (χ1v) is 13.0. The van der Waals surface area contributed by atoms with Crippen LogP contribution >= 0.6 is 15.9 Å². The van der Waals surface area contributed by atoms with Crippen LogP contribution in [0.1, 0.15) is 46.6 Å². The SMILES string of the molecule is Cc1ccc(C)c(OCCCCn2c(CCCNC(=O)c3cccc(Br)c3)nc3ccccc32)c1. The van der Waals surface area contributed by atoms with E-state index < -0.39 is 0 Å². The summed E-state index contributed by atoms with van der Waals surface area (Å²) >= 11 is 3.42. The van der Waals surface area contributed by atoms with E-state index in [1.807, 2.05) is 30.3 Å². The second kappa shape index (κ2) is 12.0. The number of hydrogen-bond donors (Lipinski definition) is 1. The van der Waals surface area contributed by atoms with Gasteiger partial charge in [0.25, 0.3) is 5.91 Å². The van der Waals surface area contributed by atoms with Gasteiger partial charge in [-0.05, 0) is 80.6 Å². The van der Waals surface area contributed by atoms with Gasteiger partial charge in [0.2, 0.25) is 0 Å². The molecule has 0 spiro atoms. The van der Waals surface area contributed by atoms with E-state index in [9.17, 15) is 4.79 Å². The quantitative estimate of drug-likeness (QED) is 0.220. The number of nitrogens with one attached hydrogen (secondary N) is 1. The fourth-order valence-electron chi connectivity index (χ4n) is 4.16. The summed E-state index contributed by atoms with van der Waals surface area (Å²) in [6.07, 6.45) is 3.63. The van der Waals surface area contributed by atoms with Crippen LogP contribution in [-0.4, -0.2) is 28.6 Å². The Morgan fingerprint density at radius 1 is 1.00 bits per heavy atom. The normalized spacial score (nSPS) is 11.1. The third-order valence-corrected chi connectivity index (χ3v) is 6.55. The number of carbonyl (C=O) groups excluding carboxylic acids is 1. The number of ether oxygens (including phenoxy) is 1. The lowest BCUT2D eigenvalue weighted by Gasteiger charge is -2.12. The predicted octanol–water partition coefficient (Wildman–Crippen LogP) is 6.64. The van der Waals surface area contributed by atoms with Crippen LogP contribution in [0.5, 0.6) is 5.75 Å². The zero-order valence-corrected chi connectivity index (χ0v) is 22.0. The number of amides is 1. The van der Waals surface area contributed by atoms with E-state index in [0.29, 0.717) is 18.7 Å². The summed E-state index contributed by atoms with van der Waals surface area (Å²) in [5.74, 6) is 1.99. The van der Waals surface area contributed by atoms with Gasteiger partial charge in [-0.15, -0.1) is 0 Å². The molecule has 0 fully saturated rings. The highest BCUT2D eigenvalue weighted by Gasteiger charge is 2.11. The molecular weight excluding hydrogens is 502 g/mol. The van der Waals surface area contributed by atoms with Gasteiger partial charge in [-0.2, -0.15) is 0 Å². The van der Waals surface area contributed by atoms with E-state index in [1.54, 1.807) is 0 Å². The zero-order valence-electron chi connectivity index (χ0n) is 20.4. The Kier molecular flexibility index (Phi) is 8.59.